The molecule has 0 saturated heterocycles. The van der Waals surface area contributed by atoms with Crippen LogP contribution in [0, 0.1) is 0 Å². The van der Waals surface area contributed by atoms with Crippen molar-refractivity contribution in [1.29, 1.82) is 0 Å². The van der Waals surface area contributed by atoms with Crippen molar-refractivity contribution in [2.45, 2.75) is 45.4 Å². The Morgan fingerprint density at radius 3 is 2.93 bits per heavy atom. The lowest BCUT2D eigenvalue weighted by molar-refractivity contribution is -0.117. The molecule has 11 heteroatoms. The Morgan fingerprint density at radius 2 is 2.10 bits per heavy atom. The highest BCUT2D eigenvalue weighted by atomic mass is 32.1. The number of fused-ring (bicyclic) bond motifs is 1. The maximum absolute atomic E-state index is 12.6. The number of halogens is 2. The summed E-state index contributed by atoms with van der Waals surface area (Å²) in [6.07, 6.45) is 3.67. The first-order chi connectivity index (χ1) is 14.5. The highest BCUT2D eigenvalue weighted by molar-refractivity contribution is 7.14. The average molecular weight is 435 g/mol. The largest absolute Gasteiger partial charge is 0.434 e. The first-order valence-electron chi connectivity index (χ1n) is 9.47. The highest BCUT2D eigenvalue weighted by Crippen LogP contribution is 2.32. The summed E-state index contributed by atoms with van der Waals surface area (Å²) in [5.41, 5.74) is 0.501. The van der Waals surface area contributed by atoms with Gasteiger partial charge in [0.25, 0.3) is 0 Å². The van der Waals surface area contributed by atoms with Crippen LogP contribution < -0.4 is 15.7 Å². The lowest BCUT2D eigenvalue weighted by atomic mass is 10.1. The molecule has 8 nitrogen and oxygen atoms in total. The van der Waals surface area contributed by atoms with E-state index >= 15 is 0 Å². The molecule has 0 fully saturated rings. The summed E-state index contributed by atoms with van der Waals surface area (Å²) >= 11 is 1.15. The highest BCUT2D eigenvalue weighted by Gasteiger charge is 2.18. The minimum atomic E-state index is -2.95. The Balaban J connectivity index is 1.46. The predicted molar refractivity (Wildman–Crippen MR) is 107 cm³/mol. The molecule has 1 aromatic carbocycles. The van der Waals surface area contributed by atoms with E-state index in [2.05, 4.69) is 20.1 Å². The number of nitrogens with one attached hydrogen (secondary N) is 1. The van der Waals surface area contributed by atoms with Gasteiger partial charge in [0, 0.05) is 23.9 Å². The van der Waals surface area contributed by atoms with E-state index in [0.717, 1.165) is 41.7 Å². The summed E-state index contributed by atoms with van der Waals surface area (Å²) in [4.78, 5) is 29.1. The Kier molecular flexibility index (Phi) is 5.88. The van der Waals surface area contributed by atoms with Gasteiger partial charge in [0.15, 0.2) is 5.13 Å². The topological polar surface area (TPSA) is 91.0 Å². The van der Waals surface area contributed by atoms with Crippen LogP contribution in [0.15, 0.2) is 34.4 Å². The minimum absolute atomic E-state index is 0.00161. The molecule has 0 spiro atoms. The molecular formula is C19H19F2N5O3S. The van der Waals surface area contributed by atoms with Crippen LogP contribution in [0.3, 0.4) is 0 Å². The molecule has 30 heavy (non-hydrogen) atoms. The number of aromatic nitrogens is 4. The third-order valence-corrected chi connectivity index (χ3v) is 5.46. The minimum Gasteiger partial charge on any atom is -0.434 e. The van der Waals surface area contributed by atoms with Crippen molar-refractivity contribution in [3.63, 3.8) is 0 Å². The molecule has 158 valence electrons. The van der Waals surface area contributed by atoms with E-state index in [4.69, 9.17) is 0 Å². The second-order valence-electron chi connectivity index (χ2n) is 6.78. The number of alkyl halides is 2. The molecule has 3 heterocycles. The van der Waals surface area contributed by atoms with E-state index in [0.29, 0.717) is 23.6 Å². The van der Waals surface area contributed by atoms with E-state index < -0.39 is 12.5 Å². The first-order valence-corrected chi connectivity index (χ1v) is 10.4. The zero-order valence-corrected chi connectivity index (χ0v) is 16.7. The number of nitrogens with zero attached hydrogens (tertiary/aromatic N) is 4. The number of carbonyl (C=O) groups excluding carboxylic acids is 1. The van der Waals surface area contributed by atoms with Gasteiger partial charge in [-0.15, -0.1) is 11.3 Å². The van der Waals surface area contributed by atoms with Crippen molar-refractivity contribution in [1.82, 2.24) is 19.3 Å². The zero-order chi connectivity index (χ0) is 21.1. The standard InChI is InChI=1S/C19H19F2N5O3S/c20-17(21)29-14-7-4-3-6-12(14)13-11-30-18(22-13)23-16(27)10-26-19(28)25-9-5-1-2-8-15(25)24-26/h3-4,6-7,11,17H,1-2,5,8-10H2,(H,22,23,27). The molecule has 0 bridgehead atoms. The third-order valence-electron chi connectivity index (χ3n) is 4.70. The molecular weight excluding hydrogens is 416 g/mol. The number of rotatable bonds is 6. The van der Waals surface area contributed by atoms with E-state index in [1.54, 1.807) is 28.1 Å². The Morgan fingerprint density at radius 1 is 1.27 bits per heavy atom. The van der Waals surface area contributed by atoms with Crippen LogP contribution in [0.2, 0.25) is 0 Å². The maximum Gasteiger partial charge on any atom is 0.387 e. The first kappa shape index (κ1) is 20.2. The molecule has 1 aliphatic heterocycles. The number of ether oxygens (including phenoxy) is 1. The molecule has 0 unspecified atom stereocenters. The Hall–Kier alpha value is -3.08. The molecule has 2 aromatic heterocycles. The predicted octanol–water partition coefficient (Wildman–Crippen LogP) is 3.13. The fraction of sp³-hybridized carbons (Fsp3) is 0.368. The fourth-order valence-corrected chi connectivity index (χ4v) is 4.08. The Labute approximate surface area is 174 Å². The van der Waals surface area contributed by atoms with E-state index in [1.165, 1.54) is 6.07 Å². The van der Waals surface area contributed by atoms with Crippen LogP contribution in [-0.2, 0) is 24.3 Å². The van der Waals surface area contributed by atoms with Crippen LogP contribution in [-0.4, -0.2) is 31.9 Å². The summed E-state index contributed by atoms with van der Waals surface area (Å²) in [5, 5.41) is 8.84. The van der Waals surface area contributed by atoms with E-state index in [9.17, 15) is 18.4 Å². The average Bonchev–Trinajstić information content (AvgIpc) is 3.18. The van der Waals surface area contributed by atoms with Crippen molar-refractivity contribution in [2.24, 2.45) is 0 Å². The molecule has 1 aliphatic rings. The monoisotopic (exact) mass is 435 g/mol. The number of hydrogen-bond acceptors (Lipinski definition) is 6. The van der Waals surface area contributed by atoms with Gasteiger partial charge >= 0.3 is 12.3 Å². The van der Waals surface area contributed by atoms with Crippen molar-refractivity contribution in [3.8, 4) is 17.0 Å². The second kappa shape index (κ2) is 8.74. The van der Waals surface area contributed by atoms with Crippen LogP contribution in [0.4, 0.5) is 13.9 Å². The van der Waals surface area contributed by atoms with Crippen molar-refractivity contribution < 1.29 is 18.3 Å². The van der Waals surface area contributed by atoms with Gasteiger partial charge in [-0.3, -0.25) is 9.36 Å². The number of thiazole rings is 1. The molecule has 4 rings (SSSR count). The molecule has 0 atom stereocenters. The zero-order valence-electron chi connectivity index (χ0n) is 15.9. The molecule has 1 N–H and O–H groups in total. The number of carbonyl (C=O) groups is 1. The number of benzene rings is 1. The van der Waals surface area contributed by atoms with Crippen molar-refractivity contribution >= 4 is 22.4 Å². The summed E-state index contributed by atoms with van der Waals surface area (Å²) in [6.45, 7) is -2.56. The number of hydrogen-bond donors (Lipinski definition) is 1. The second-order valence-corrected chi connectivity index (χ2v) is 7.64. The van der Waals surface area contributed by atoms with Gasteiger partial charge in [0.2, 0.25) is 5.91 Å². The number of aryl methyl sites for hydroxylation is 1. The maximum atomic E-state index is 12.6. The molecule has 3 aromatic rings. The molecule has 1 amide bonds. The normalized spacial score (nSPS) is 13.7. The SMILES string of the molecule is O=C(Cn1nc2n(c1=O)CCCCC2)Nc1nc(-c2ccccc2OC(F)F)cs1. The molecule has 0 radical (unpaired) electrons. The quantitative estimate of drug-likeness (QED) is 0.642. The lowest BCUT2D eigenvalue weighted by Gasteiger charge is -2.08. The summed E-state index contributed by atoms with van der Waals surface area (Å²) in [5.74, 6) is 0.266. The van der Waals surface area contributed by atoms with Gasteiger partial charge in [0.05, 0.1) is 5.69 Å². The van der Waals surface area contributed by atoms with Crippen molar-refractivity contribution in [3.05, 3.63) is 46.0 Å². The van der Waals surface area contributed by atoms with Gasteiger partial charge < -0.3 is 10.1 Å². The smallest absolute Gasteiger partial charge is 0.387 e. The van der Waals surface area contributed by atoms with Gasteiger partial charge in [0.1, 0.15) is 18.1 Å². The van der Waals surface area contributed by atoms with Crippen LogP contribution in [0.1, 0.15) is 25.1 Å². The molecule has 0 aliphatic carbocycles. The third kappa shape index (κ3) is 4.40. The van der Waals surface area contributed by atoms with E-state index in [-0.39, 0.29) is 23.1 Å². The lowest BCUT2D eigenvalue weighted by Crippen LogP contribution is -2.30. The molecule has 0 saturated carbocycles. The van der Waals surface area contributed by atoms with Crippen molar-refractivity contribution in [2.75, 3.05) is 5.32 Å². The van der Waals surface area contributed by atoms with E-state index in [1.807, 2.05) is 0 Å². The fourth-order valence-electron chi connectivity index (χ4n) is 3.35. The van der Waals surface area contributed by atoms with Crippen LogP contribution >= 0.6 is 11.3 Å². The Bertz CT molecular complexity index is 1110. The number of anilines is 1. The van der Waals surface area contributed by atoms with Crippen LogP contribution in [0.25, 0.3) is 11.3 Å². The van der Waals surface area contributed by atoms with Gasteiger partial charge in [-0.05, 0) is 25.0 Å². The summed E-state index contributed by atoms with van der Waals surface area (Å²) in [7, 11) is 0. The van der Waals surface area contributed by atoms with Crippen LogP contribution in [0.5, 0.6) is 5.75 Å². The van der Waals surface area contributed by atoms with Gasteiger partial charge in [-0.2, -0.15) is 13.9 Å². The summed E-state index contributed by atoms with van der Waals surface area (Å²) in [6, 6.07) is 6.30. The summed E-state index contributed by atoms with van der Waals surface area (Å²) < 4.78 is 32.5. The van der Waals surface area contributed by atoms with Gasteiger partial charge in [-0.1, -0.05) is 18.6 Å². The van der Waals surface area contributed by atoms with Gasteiger partial charge in [-0.25, -0.2) is 14.5 Å². The number of para-hydroxylation sites is 1. The number of amides is 1.